The van der Waals surface area contributed by atoms with Crippen LogP contribution in [0.5, 0.6) is 0 Å². The lowest BCUT2D eigenvalue weighted by molar-refractivity contribution is 0.198. The fourth-order valence-corrected chi connectivity index (χ4v) is 2.48. The first-order valence-corrected chi connectivity index (χ1v) is 7.52. The number of rotatable bonds is 6. The van der Waals surface area contributed by atoms with E-state index in [-0.39, 0.29) is 0 Å². The van der Waals surface area contributed by atoms with Gasteiger partial charge in [-0.1, -0.05) is 6.92 Å². The van der Waals surface area contributed by atoms with E-state index in [2.05, 4.69) is 33.2 Å². The van der Waals surface area contributed by atoms with E-state index >= 15 is 0 Å². The summed E-state index contributed by atoms with van der Waals surface area (Å²) < 4.78 is 5.05. The summed E-state index contributed by atoms with van der Waals surface area (Å²) in [6.45, 7) is 8.12. The maximum absolute atomic E-state index is 5.05. The van der Waals surface area contributed by atoms with Crippen LogP contribution in [0.15, 0.2) is 6.07 Å². The number of aryl methyl sites for hydroxylation is 1. The SMILES string of the molecule is COCCCNc1cc(N2CCC(C)CC2)nc(C)n1. The Morgan fingerprint density at radius 3 is 2.80 bits per heavy atom. The summed E-state index contributed by atoms with van der Waals surface area (Å²) >= 11 is 0. The number of aromatic nitrogens is 2. The van der Waals surface area contributed by atoms with Crippen molar-refractivity contribution in [2.75, 3.05) is 43.6 Å². The Bertz CT molecular complexity index is 416. The molecule has 1 fully saturated rings. The second kappa shape index (κ2) is 7.43. The summed E-state index contributed by atoms with van der Waals surface area (Å²) in [4.78, 5) is 11.4. The van der Waals surface area contributed by atoms with E-state index in [0.29, 0.717) is 0 Å². The molecule has 0 spiro atoms. The van der Waals surface area contributed by atoms with Crippen molar-refractivity contribution in [3.63, 3.8) is 0 Å². The van der Waals surface area contributed by atoms with Crippen LogP contribution in [0, 0.1) is 12.8 Å². The lowest BCUT2D eigenvalue weighted by Crippen LogP contribution is -2.33. The number of ether oxygens (including phenoxy) is 1. The van der Waals surface area contributed by atoms with Gasteiger partial charge in [0.05, 0.1) is 0 Å². The summed E-state index contributed by atoms with van der Waals surface area (Å²) in [5, 5.41) is 3.35. The normalized spacial score (nSPS) is 16.4. The number of hydrogen-bond donors (Lipinski definition) is 1. The van der Waals surface area contributed by atoms with Crippen molar-refractivity contribution in [1.29, 1.82) is 0 Å². The van der Waals surface area contributed by atoms with E-state index in [4.69, 9.17) is 4.74 Å². The van der Waals surface area contributed by atoms with Gasteiger partial charge < -0.3 is 15.0 Å². The third-order valence-electron chi connectivity index (χ3n) is 3.76. The van der Waals surface area contributed by atoms with Gasteiger partial charge in [-0.05, 0) is 32.1 Å². The molecule has 0 aromatic carbocycles. The summed E-state index contributed by atoms with van der Waals surface area (Å²) in [5.41, 5.74) is 0. The van der Waals surface area contributed by atoms with E-state index in [1.165, 1.54) is 12.8 Å². The summed E-state index contributed by atoms with van der Waals surface area (Å²) in [5.74, 6) is 3.64. The highest BCUT2D eigenvalue weighted by Gasteiger charge is 2.17. The molecule has 0 radical (unpaired) electrons. The quantitative estimate of drug-likeness (QED) is 0.810. The van der Waals surface area contributed by atoms with Gasteiger partial charge in [0, 0.05) is 39.4 Å². The van der Waals surface area contributed by atoms with Crippen LogP contribution in [-0.2, 0) is 4.74 Å². The van der Waals surface area contributed by atoms with Gasteiger partial charge >= 0.3 is 0 Å². The minimum atomic E-state index is 0.772. The zero-order chi connectivity index (χ0) is 14.4. The summed E-state index contributed by atoms with van der Waals surface area (Å²) in [6, 6.07) is 2.07. The predicted molar refractivity (Wildman–Crippen MR) is 82.4 cm³/mol. The van der Waals surface area contributed by atoms with Crippen LogP contribution in [-0.4, -0.2) is 43.3 Å². The Labute approximate surface area is 121 Å². The van der Waals surface area contributed by atoms with Crippen LogP contribution in [0.3, 0.4) is 0 Å². The lowest BCUT2D eigenvalue weighted by Gasteiger charge is -2.31. The highest BCUT2D eigenvalue weighted by atomic mass is 16.5. The molecule has 2 rings (SSSR count). The molecule has 1 saturated heterocycles. The van der Waals surface area contributed by atoms with Gasteiger partial charge in [0.25, 0.3) is 0 Å². The minimum absolute atomic E-state index is 0.772. The van der Waals surface area contributed by atoms with E-state index < -0.39 is 0 Å². The van der Waals surface area contributed by atoms with Crippen molar-refractivity contribution in [2.24, 2.45) is 5.92 Å². The third kappa shape index (κ3) is 4.34. The predicted octanol–water partition coefficient (Wildman–Crippen LogP) is 2.47. The fraction of sp³-hybridized carbons (Fsp3) is 0.733. The highest BCUT2D eigenvalue weighted by Crippen LogP contribution is 2.23. The van der Waals surface area contributed by atoms with Crippen molar-refractivity contribution < 1.29 is 4.74 Å². The molecule has 5 nitrogen and oxygen atoms in total. The van der Waals surface area contributed by atoms with E-state index in [9.17, 15) is 0 Å². The molecule has 1 aromatic heterocycles. The van der Waals surface area contributed by atoms with Crippen LogP contribution < -0.4 is 10.2 Å². The maximum Gasteiger partial charge on any atom is 0.134 e. The average Bonchev–Trinajstić information content (AvgIpc) is 2.44. The number of methoxy groups -OCH3 is 1. The molecule has 0 bridgehead atoms. The molecule has 1 aliphatic rings. The molecule has 1 aliphatic heterocycles. The van der Waals surface area contributed by atoms with Crippen LogP contribution >= 0.6 is 0 Å². The Morgan fingerprint density at radius 2 is 2.10 bits per heavy atom. The molecular formula is C15H26N4O. The Balaban J connectivity index is 1.97. The number of piperidine rings is 1. The second-order valence-electron chi connectivity index (χ2n) is 5.60. The third-order valence-corrected chi connectivity index (χ3v) is 3.76. The van der Waals surface area contributed by atoms with Crippen LogP contribution in [0.25, 0.3) is 0 Å². The number of nitrogens with one attached hydrogen (secondary N) is 1. The molecule has 1 aromatic rings. The number of hydrogen-bond acceptors (Lipinski definition) is 5. The summed E-state index contributed by atoms with van der Waals surface area (Å²) in [6.07, 6.45) is 3.48. The number of anilines is 2. The van der Waals surface area contributed by atoms with Gasteiger partial charge in [0.15, 0.2) is 0 Å². The highest BCUT2D eigenvalue weighted by molar-refractivity contribution is 5.49. The Kier molecular flexibility index (Phi) is 5.59. The first-order chi connectivity index (χ1) is 9.69. The van der Waals surface area contributed by atoms with Gasteiger partial charge in [0.1, 0.15) is 17.5 Å². The minimum Gasteiger partial charge on any atom is -0.385 e. The molecule has 0 aliphatic carbocycles. The van der Waals surface area contributed by atoms with Crippen LogP contribution in [0.4, 0.5) is 11.6 Å². The zero-order valence-electron chi connectivity index (χ0n) is 12.9. The van der Waals surface area contributed by atoms with Crippen molar-refractivity contribution in [2.45, 2.75) is 33.1 Å². The monoisotopic (exact) mass is 278 g/mol. The molecule has 0 unspecified atom stereocenters. The lowest BCUT2D eigenvalue weighted by atomic mass is 9.99. The maximum atomic E-state index is 5.05. The number of nitrogens with zero attached hydrogens (tertiary/aromatic N) is 3. The molecule has 0 saturated carbocycles. The Hall–Kier alpha value is -1.36. The molecule has 0 amide bonds. The van der Waals surface area contributed by atoms with Crippen molar-refractivity contribution in [3.8, 4) is 0 Å². The van der Waals surface area contributed by atoms with Crippen molar-refractivity contribution in [1.82, 2.24) is 9.97 Å². The average molecular weight is 278 g/mol. The molecule has 2 heterocycles. The second-order valence-corrected chi connectivity index (χ2v) is 5.60. The smallest absolute Gasteiger partial charge is 0.134 e. The molecule has 1 N–H and O–H groups in total. The fourth-order valence-electron chi connectivity index (χ4n) is 2.48. The first kappa shape index (κ1) is 15.0. The molecule has 5 heteroatoms. The van der Waals surface area contributed by atoms with Gasteiger partial charge in [-0.25, -0.2) is 9.97 Å². The van der Waals surface area contributed by atoms with Gasteiger partial charge in [-0.15, -0.1) is 0 Å². The standard InChI is InChI=1S/C15H26N4O/c1-12-5-8-19(9-6-12)15-11-14(17-13(2)18-15)16-7-4-10-20-3/h11-12H,4-10H2,1-3H3,(H,16,17,18). The van der Waals surface area contributed by atoms with E-state index in [1.54, 1.807) is 7.11 Å². The molecule has 112 valence electrons. The topological polar surface area (TPSA) is 50.3 Å². The van der Waals surface area contributed by atoms with Gasteiger partial charge in [-0.3, -0.25) is 0 Å². The zero-order valence-corrected chi connectivity index (χ0v) is 12.9. The van der Waals surface area contributed by atoms with Gasteiger partial charge in [0.2, 0.25) is 0 Å². The molecule has 0 atom stereocenters. The van der Waals surface area contributed by atoms with Gasteiger partial charge in [-0.2, -0.15) is 0 Å². The first-order valence-electron chi connectivity index (χ1n) is 7.52. The summed E-state index contributed by atoms with van der Waals surface area (Å²) in [7, 11) is 1.73. The van der Waals surface area contributed by atoms with E-state index in [1.807, 2.05) is 6.92 Å². The van der Waals surface area contributed by atoms with Crippen molar-refractivity contribution >= 4 is 11.6 Å². The largest absolute Gasteiger partial charge is 0.385 e. The van der Waals surface area contributed by atoms with Crippen molar-refractivity contribution in [3.05, 3.63) is 11.9 Å². The molecule has 20 heavy (non-hydrogen) atoms. The van der Waals surface area contributed by atoms with Crippen LogP contribution in [0.1, 0.15) is 32.0 Å². The Morgan fingerprint density at radius 1 is 1.35 bits per heavy atom. The molecular weight excluding hydrogens is 252 g/mol. The van der Waals surface area contributed by atoms with Crippen LogP contribution in [0.2, 0.25) is 0 Å². The van der Waals surface area contributed by atoms with E-state index in [0.717, 1.165) is 56.0 Å².